The maximum absolute atomic E-state index is 10.8. The lowest BCUT2D eigenvalue weighted by Crippen LogP contribution is -2.50. The van der Waals surface area contributed by atoms with E-state index in [-0.39, 0.29) is 13.0 Å². The summed E-state index contributed by atoms with van der Waals surface area (Å²) in [6.45, 7) is -0.350. The Balaban J connectivity index is 2.56. The Labute approximate surface area is 94.1 Å². The van der Waals surface area contributed by atoms with Gasteiger partial charge in [-0.1, -0.05) is 0 Å². The van der Waals surface area contributed by atoms with Crippen LogP contribution in [0.2, 0.25) is 0 Å². The highest BCUT2D eigenvalue weighted by molar-refractivity contribution is 7.85. The van der Waals surface area contributed by atoms with Crippen molar-refractivity contribution in [3.05, 3.63) is 0 Å². The van der Waals surface area contributed by atoms with Gasteiger partial charge < -0.3 is 19.7 Å². The van der Waals surface area contributed by atoms with Gasteiger partial charge in [0, 0.05) is 13.5 Å². The summed E-state index contributed by atoms with van der Waals surface area (Å²) in [6, 6.07) is 0. The minimum absolute atomic E-state index is 0.132. The van der Waals surface area contributed by atoms with Gasteiger partial charge in [0.25, 0.3) is 10.1 Å². The summed E-state index contributed by atoms with van der Waals surface area (Å²) >= 11 is 0. The van der Waals surface area contributed by atoms with E-state index >= 15 is 0 Å². The molecule has 0 radical (unpaired) electrons. The van der Waals surface area contributed by atoms with E-state index in [9.17, 15) is 18.6 Å². The minimum Gasteiger partial charge on any atom is -0.390 e. The van der Waals surface area contributed by atoms with Crippen molar-refractivity contribution in [2.45, 2.75) is 31.0 Å². The number of hydrogen-bond donors (Lipinski definition) is 2. The van der Waals surface area contributed by atoms with Crippen LogP contribution in [0.4, 0.5) is 0 Å². The normalized spacial score (nSPS) is 36.2. The Hall–Kier alpha value is -0.250. The molecule has 4 atom stereocenters. The second-order valence-electron chi connectivity index (χ2n) is 3.62. The fraction of sp³-hybridized carbons (Fsp3) is 1.00. The van der Waals surface area contributed by atoms with Crippen LogP contribution in [-0.4, -0.2) is 63.2 Å². The second kappa shape index (κ2) is 5.39. The molecular formula is C8H16O7S. The third-order valence-electron chi connectivity index (χ3n) is 2.24. The highest BCUT2D eigenvalue weighted by atomic mass is 32.2. The molecule has 16 heavy (non-hydrogen) atoms. The maximum Gasteiger partial charge on any atom is 0.264 e. The van der Waals surface area contributed by atoms with Gasteiger partial charge in [0.05, 0.1) is 19.0 Å². The summed E-state index contributed by atoms with van der Waals surface area (Å²) in [7, 11) is -2.21. The molecule has 0 aromatic carbocycles. The van der Waals surface area contributed by atoms with Gasteiger partial charge >= 0.3 is 0 Å². The molecule has 1 aliphatic rings. The third-order valence-corrected chi connectivity index (χ3v) is 2.81. The molecule has 0 saturated carbocycles. The fourth-order valence-electron chi connectivity index (χ4n) is 1.40. The summed E-state index contributed by atoms with van der Waals surface area (Å²) < 4.78 is 36.1. The van der Waals surface area contributed by atoms with Crippen LogP contribution in [0.25, 0.3) is 0 Å². The topological polar surface area (TPSA) is 102 Å². The van der Waals surface area contributed by atoms with Crippen molar-refractivity contribution in [1.29, 1.82) is 0 Å². The molecule has 0 aromatic rings. The van der Waals surface area contributed by atoms with Crippen LogP contribution in [0.15, 0.2) is 0 Å². The lowest BCUT2D eigenvalue weighted by Gasteiger charge is -2.35. The van der Waals surface area contributed by atoms with Crippen LogP contribution >= 0.6 is 0 Å². The molecule has 1 rings (SSSR count). The molecule has 7 nitrogen and oxygen atoms in total. The SMILES string of the molecule is CO[C@H]1C[C@H](O)[C@@H](O)[C@@H](COS(C)(=O)=O)O1. The number of aliphatic hydroxyl groups excluding tert-OH is 2. The largest absolute Gasteiger partial charge is 0.390 e. The van der Waals surface area contributed by atoms with Crippen LogP contribution in [0.5, 0.6) is 0 Å². The van der Waals surface area contributed by atoms with Crippen molar-refractivity contribution in [2.75, 3.05) is 20.0 Å². The first-order chi connectivity index (χ1) is 7.33. The zero-order valence-electron chi connectivity index (χ0n) is 9.07. The summed E-state index contributed by atoms with van der Waals surface area (Å²) in [6.07, 6.45) is -2.78. The van der Waals surface area contributed by atoms with Gasteiger partial charge in [-0.15, -0.1) is 0 Å². The van der Waals surface area contributed by atoms with E-state index in [1.54, 1.807) is 0 Å². The van der Waals surface area contributed by atoms with Gasteiger partial charge in [0.15, 0.2) is 6.29 Å². The predicted molar refractivity (Wildman–Crippen MR) is 53.1 cm³/mol. The molecule has 0 amide bonds. The molecule has 96 valence electrons. The predicted octanol–water partition coefficient (Wildman–Crippen LogP) is -1.55. The molecule has 0 aliphatic carbocycles. The first kappa shape index (κ1) is 13.8. The molecule has 1 fully saturated rings. The lowest BCUT2D eigenvalue weighted by atomic mass is 10.0. The van der Waals surface area contributed by atoms with Gasteiger partial charge in [-0.05, 0) is 0 Å². The van der Waals surface area contributed by atoms with Gasteiger partial charge in [-0.3, -0.25) is 4.18 Å². The molecule has 0 aromatic heterocycles. The highest BCUT2D eigenvalue weighted by Gasteiger charge is 2.37. The molecule has 0 bridgehead atoms. The average Bonchev–Trinajstić information content (AvgIpc) is 2.18. The van der Waals surface area contributed by atoms with E-state index in [2.05, 4.69) is 4.18 Å². The first-order valence-corrected chi connectivity index (χ1v) is 6.54. The Morgan fingerprint density at radius 1 is 1.44 bits per heavy atom. The van der Waals surface area contributed by atoms with E-state index in [1.807, 2.05) is 0 Å². The quantitative estimate of drug-likeness (QED) is 0.587. The van der Waals surface area contributed by atoms with E-state index in [4.69, 9.17) is 9.47 Å². The van der Waals surface area contributed by atoms with Gasteiger partial charge in [-0.2, -0.15) is 8.42 Å². The summed E-state index contributed by atoms with van der Waals surface area (Å²) in [4.78, 5) is 0. The number of rotatable bonds is 4. The van der Waals surface area contributed by atoms with Crippen LogP contribution < -0.4 is 0 Å². The zero-order chi connectivity index (χ0) is 12.3. The molecule has 1 saturated heterocycles. The Bertz CT molecular complexity index is 314. The van der Waals surface area contributed by atoms with Crippen molar-refractivity contribution in [1.82, 2.24) is 0 Å². The van der Waals surface area contributed by atoms with E-state index < -0.39 is 34.7 Å². The Morgan fingerprint density at radius 3 is 2.56 bits per heavy atom. The summed E-state index contributed by atoms with van der Waals surface area (Å²) in [5.41, 5.74) is 0. The molecule has 2 N–H and O–H groups in total. The molecular weight excluding hydrogens is 240 g/mol. The van der Waals surface area contributed by atoms with Gasteiger partial charge in [-0.25, -0.2) is 0 Å². The fourth-order valence-corrected chi connectivity index (χ4v) is 1.78. The van der Waals surface area contributed by atoms with Crippen molar-refractivity contribution >= 4 is 10.1 Å². The lowest BCUT2D eigenvalue weighted by molar-refractivity contribution is -0.247. The third kappa shape index (κ3) is 3.96. The van der Waals surface area contributed by atoms with E-state index in [1.165, 1.54) is 7.11 Å². The van der Waals surface area contributed by atoms with Gasteiger partial charge in [0.1, 0.15) is 12.2 Å². The number of methoxy groups -OCH3 is 1. The molecule has 1 aliphatic heterocycles. The Morgan fingerprint density at radius 2 is 2.06 bits per heavy atom. The summed E-state index contributed by atoms with van der Waals surface area (Å²) in [5, 5.41) is 19.0. The highest BCUT2D eigenvalue weighted by Crippen LogP contribution is 2.21. The monoisotopic (exact) mass is 256 g/mol. The maximum atomic E-state index is 10.8. The van der Waals surface area contributed by atoms with Crippen LogP contribution in [0.3, 0.4) is 0 Å². The van der Waals surface area contributed by atoms with Crippen LogP contribution in [-0.2, 0) is 23.8 Å². The second-order valence-corrected chi connectivity index (χ2v) is 5.27. The first-order valence-electron chi connectivity index (χ1n) is 4.72. The molecule has 1 heterocycles. The van der Waals surface area contributed by atoms with Crippen molar-refractivity contribution in [3.8, 4) is 0 Å². The average molecular weight is 256 g/mol. The number of ether oxygens (including phenoxy) is 2. The zero-order valence-corrected chi connectivity index (χ0v) is 9.88. The summed E-state index contributed by atoms with van der Waals surface area (Å²) in [5.74, 6) is 0. The van der Waals surface area contributed by atoms with Gasteiger partial charge in [0.2, 0.25) is 0 Å². The van der Waals surface area contributed by atoms with Crippen LogP contribution in [0.1, 0.15) is 6.42 Å². The van der Waals surface area contributed by atoms with Crippen molar-refractivity contribution < 1.29 is 32.3 Å². The van der Waals surface area contributed by atoms with Crippen molar-refractivity contribution in [3.63, 3.8) is 0 Å². The van der Waals surface area contributed by atoms with E-state index in [0.717, 1.165) is 6.26 Å². The molecule has 8 heteroatoms. The van der Waals surface area contributed by atoms with Crippen LogP contribution in [0, 0.1) is 0 Å². The Kier molecular flexibility index (Phi) is 4.65. The number of hydrogen-bond acceptors (Lipinski definition) is 7. The standard InChI is InChI=1S/C8H16O7S/c1-13-7-3-5(9)8(10)6(15-7)4-14-16(2,11)12/h5-10H,3-4H2,1-2H3/t5-,6+,7+,8+/m0/s1. The number of aliphatic hydroxyl groups is 2. The molecule has 0 unspecified atom stereocenters. The molecule has 0 spiro atoms. The smallest absolute Gasteiger partial charge is 0.264 e. The minimum atomic E-state index is -3.60. The van der Waals surface area contributed by atoms with E-state index in [0.29, 0.717) is 0 Å². The van der Waals surface area contributed by atoms with Crippen molar-refractivity contribution in [2.24, 2.45) is 0 Å².